The number of rotatable bonds is 13. The number of halogens is 4. The number of benzene rings is 1. The summed E-state index contributed by atoms with van der Waals surface area (Å²) in [4.78, 5) is 40.8. The predicted octanol–water partition coefficient (Wildman–Crippen LogP) is 3.18. The van der Waals surface area contributed by atoms with E-state index in [2.05, 4.69) is 17.6 Å². The number of anilines is 1. The van der Waals surface area contributed by atoms with Gasteiger partial charge < -0.3 is 15.5 Å². The summed E-state index contributed by atoms with van der Waals surface area (Å²) >= 11 is 0. The van der Waals surface area contributed by atoms with Gasteiger partial charge >= 0.3 is 16.4 Å². The average molecular weight is 620 g/mol. The molecule has 2 aliphatic rings. The zero-order valence-corrected chi connectivity index (χ0v) is 24.6. The van der Waals surface area contributed by atoms with Crippen LogP contribution in [0.25, 0.3) is 0 Å². The molecule has 2 fully saturated rings. The van der Waals surface area contributed by atoms with Crippen LogP contribution in [-0.4, -0.2) is 74.1 Å². The minimum absolute atomic E-state index is 0.168. The molecule has 0 unspecified atom stereocenters. The lowest BCUT2D eigenvalue weighted by Gasteiger charge is -2.27. The normalized spacial score (nSPS) is 22.4. The second-order valence-electron chi connectivity index (χ2n) is 10.7. The maximum Gasteiger partial charge on any atom is 0.416 e. The first kappa shape index (κ1) is 33.3. The van der Waals surface area contributed by atoms with Crippen LogP contribution < -0.4 is 15.4 Å². The van der Waals surface area contributed by atoms with Gasteiger partial charge in [0.05, 0.1) is 12.1 Å². The molecule has 0 bridgehead atoms. The first-order valence-electron chi connectivity index (χ1n) is 13.7. The highest BCUT2D eigenvalue weighted by atomic mass is 32.2. The molecule has 3 N–H and O–H groups in total. The summed E-state index contributed by atoms with van der Waals surface area (Å²) in [6.45, 7) is 1.75. The Balaban J connectivity index is 1.71. The van der Waals surface area contributed by atoms with Gasteiger partial charge in [-0.15, -0.1) is 0 Å². The maximum atomic E-state index is 13.7. The van der Waals surface area contributed by atoms with Gasteiger partial charge in [-0.1, -0.05) is 31.9 Å². The summed E-state index contributed by atoms with van der Waals surface area (Å²) in [6.07, 6.45) is 3.56. The van der Waals surface area contributed by atoms with Crippen LogP contribution in [0.1, 0.15) is 57.4 Å². The number of alkyl halides is 3. The molecular weight excluding hydrogens is 582 g/mol. The smallest absolute Gasteiger partial charge is 0.376 e. The molecule has 1 aliphatic heterocycles. The molecule has 1 saturated heterocycles. The fourth-order valence-corrected chi connectivity index (χ4v) is 5.43. The number of unbranched alkanes of at least 4 members (excludes halogenated alkanes) is 3. The lowest BCUT2D eigenvalue weighted by atomic mass is 10.1. The third-order valence-corrected chi connectivity index (χ3v) is 8.76. The summed E-state index contributed by atoms with van der Waals surface area (Å²) in [7, 11) is -1.63. The quantitative estimate of drug-likeness (QED) is 0.177. The molecule has 0 radical (unpaired) electrons. The highest BCUT2D eigenvalue weighted by Crippen LogP contribution is 2.45. The Labute approximate surface area is 243 Å². The summed E-state index contributed by atoms with van der Waals surface area (Å²) in [5, 5.41) is 5.18. The maximum absolute atomic E-state index is 13.7. The third kappa shape index (κ3) is 8.21. The van der Waals surface area contributed by atoms with E-state index in [0.717, 1.165) is 36.1 Å². The highest BCUT2D eigenvalue weighted by Gasteiger charge is 2.61. The molecule has 1 aliphatic carbocycles. The molecular formula is C27H37F4N5O5S. The molecule has 1 aromatic carbocycles. The van der Waals surface area contributed by atoms with Gasteiger partial charge in [0, 0.05) is 32.2 Å². The standard InChI is InChI=1S/C27H37F4N5O5S/c1-4-5-6-7-8-10-18-16-26(18,25(39)34-42(40,41)35(2)3)33-24(38)22-11-9-12-36(22)23(37)17-32-21-14-19(27(29,30)31)13-20(28)15-21/h8,10,13-15,18,22,32H,4-7,9,11-12,16-17H2,1-3H3,(H,33,38)(H,34,39)/b10-8-/t18-,22+,26-/m1/s1. The summed E-state index contributed by atoms with van der Waals surface area (Å²) in [5.41, 5.74) is -2.98. The number of nitrogens with one attached hydrogen (secondary N) is 3. The van der Waals surface area contributed by atoms with E-state index in [1.807, 2.05) is 10.8 Å². The zero-order valence-electron chi connectivity index (χ0n) is 23.8. The van der Waals surface area contributed by atoms with Crippen LogP contribution in [-0.2, 0) is 30.8 Å². The molecule has 10 nitrogen and oxygen atoms in total. The minimum Gasteiger partial charge on any atom is -0.376 e. The van der Waals surface area contributed by atoms with Gasteiger partial charge in [0.2, 0.25) is 11.8 Å². The Bertz CT molecular complexity index is 1300. The van der Waals surface area contributed by atoms with Crippen LogP contribution in [0, 0.1) is 11.7 Å². The van der Waals surface area contributed by atoms with Crippen LogP contribution in [0.15, 0.2) is 30.4 Å². The lowest BCUT2D eigenvalue weighted by molar-refractivity contribution is -0.138. The molecule has 1 aromatic rings. The fraction of sp³-hybridized carbons (Fsp3) is 0.593. The molecule has 234 valence electrons. The molecule has 42 heavy (non-hydrogen) atoms. The van der Waals surface area contributed by atoms with Crippen molar-refractivity contribution in [3.63, 3.8) is 0 Å². The molecule has 15 heteroatoms. The van der Waals surface area contributed by atoms with Crippen molar-refractivity contribution in [2.24, 2.45) is 5.92 Å². The van der Waals surface area contributed by atoms with Gasteiger partial charge in [-0.2, -0.15) is 25.9 Å². The number of hydrogen-bond donors (Lipinski definition) is 3. The van der Waals surface area contributed by atoms with E-state index in [1.165, 1.54) is 19.0 Å². The van der Waals surface area contributed by atoms with Crippen molar-refractivity contribution in [3.05, 3.63) is 41.7 Å². The van der Waals surface area contributed by atoms with Gasteiger partial charge in [0.15, 0.2) is 0 Å². The van der Waals surface area contributed by atoms with E-state index in [4.69, 9.17) is 0 Å². The van der Waals surface area contributed by atoms with Gasteiger partial charge in [-0.3, -0.25) is 14.4 Å². The predicted molar refractivity (Wildman–Crippen MR) is 148 cm³/mol. The van der Waals surface area contributed by atoms with E-state index in [0.29, 0.717) is 18.6 Å². The van der Waals surface area contributed by atoms with E-state index < -0.39 is 69.5 Å². The van der Waals surface area contributed by atoms with Crippen molar-refractivity contribution < 1.29 is 40.4 Å². The SMILES string of the molecule is CCCCC/C=C\[C@@H]1C[C@]1(NC(=O)[C@@H]1CCCN1C(=O)CNc1cc(F)cc(C(F)(F)F)c1)C(=O)NS(=O)(=O)N(C)C. The van der Waals surface area contributed by atoms with Crippen molar-refractivity contribution in [3.8, 4) is 0 Å². The van der Waals surface area contributed by atoms with Crippen molar-refractivity contribution in [2.45, 2.75) is 69.6 Å². The minimum atomic E-state index is -4.78. The first-order chi connectivity index (χ1) is 19.6. The van der Waals surface area contributed by atoms with E-state index in [-0.39, 0.29) is 25.1 Å². The van der Waals surface area contributed by atoms with Crippen LogP contribution in [0.4, 0.5) is 23.2 Å². The molecule has 3 rings (SSSR count). The first-order valence-corrected chi connectivity index (χ1v) is 15.2. The molecule has 3 atom stereocenters. The van der Waals surface area contributed by atoms with E-state index >= 15 is 0 Å². The lowest BCUT2D eigenvalue weighted by Crippen LogP contribution is -2.57. The summed E-state index contributed by atoms with van der Waals surface area (Å²) in [6, 6.07) is 0.860. The van der Waals surface area contributed by atoms with Crippen LogP contribution >= 0.6 is 0 Å². The monoisotopic (exact) mass is 619 g/mol. The van der Waals surface area contributed by atoms with Gasteiger partial charge in [0.25, 0.3) is 5.91 Å². The second kappa shape index (κ2) is 13.4. The summed E-state index contributed by atoms with van der Waals surface area (Å²) < 4.78 is 80.3. The molecule has 0 aromatic heterocycles. The van der Waals surface area contributed by atoms with Gasteiger partial charge in [-0.25, -0.2) is 9.11 Å². The molecule has 0 spiro atoms. The third-order valence-electron chi connectivity index (χ3n) is 7.36. The summed E-state index contributed by atoms with van der Waals surface area (Å²) in [5.74, 6) is -3.73. The Morgan fingerprint density at radius 2 is 1.88 bits per heavy atom. The molecule has 1 saturated carbocycles. The Hall–Kier alpha value is -3.20. The largest absolute Gasteiger partial charge is 0.416 e. The highest BCUT2D eigenvalue weighted by molar-refractivity contribution is 7.87. The average Bonchev–Trinajstić information content (AvgIpc) is 3.36. The number of allylic oxidation sites excluding steroid dienone is 1. The fourth-order valence-electron chi connectivity index (χ4n) is 4.83. The van der Waals surface area contributed by atoms with Crippen molar-refractivity contribution in [2.75, 3.05) is 32.5 Å². The van der Waals surface area contributed by atoms with E-state index in [9.17, 15) is 40.4 Å². The van der Waals surface area contributed by atoms with Crippen LogP contribution in [0.5, 0.6) is 0 Å². The van der Waals surface area contributed by atoms with Gasteiger partial charge in [-0.05, 0) is 50.3 Å². The zero-order chi connectivity index (χ0) is 31.3. The number of nitrogens with zero attached hydrogens (tertiary/aromatic N) is 2. The number of carbonyl (C=O) groups excluding carboxylic acids is 3. The molecule has 1 heterocycles. The van der Waals surface area contributed by atoms with Crippen molar-refractivity contribution in [1.82, 2.24) is 19.2 Å². The Morgan fingerprint density at radius 1 is 1.17 bits per heavy atom. The van der Waals surface area contributed by atoms with E-state index in [1.54, 1.807) is 6.08 Å². The second-order valence-corrected chi connectivity index (χ2v) is 12.6. The van der Waals surface area contributed by atoms with Crippen molar-refractivity contribution >= 4 is 33.6 Å². The van der Waals surface area contributed by atoms with Crippen LogP contribution in [0.2, 0.25) is 0 Å². The van der Waals surface area contributed by atoms with Crippen molar-refractivity contribution in [1.29, 1.82) is 0 Å². The van der Waals surface area contributed by atoms with Gasteiger partial charge in [0.1, 0.15) is 17.4 Å². The van der Waals surface area contributed by atoms with Crippen LogP contribution in [0.3, 0.4) is 0 Å². The number of hydrogen-bond acceptors (Lipinski definition) is 6. The Morgan fingerprint density at radius 3 is 2.52 bits per heavy atom. The number of amides is 3. The number of carbonyl (C=O) groups is 3. The topological polar surface area (TPSA) is 128 Å². The molecule has 3 amide bonds. The number of likely N-dealkylation sites (tertiary alicyclic amines) is 1. The Kier molecular flexibility index (Phi) is 10.6.